The highest BCUT2D eigenvalue weighted by Crippen LogP contribution is 2.23. The molecule has 5 heteroatoms. The van der Waals surface area contributed by atoms with Gasteiger partial charge in [-0.15, -0.1) is 0 Å². The quantitative estimate of drug-likeness (QED) is 0.606. The van der Waals surface area contributed by atoms with Gasteiger partial charge < -0.3 is 9.47 Å². The topological polar surface area (TPSA) is 44.2 Å². The molecule has 0 atom stereocenters. The Labute approximate surface area is 98.2 Å². The van der Waals surface area contributed by atoms with E-state index in [4.69, 9.17) is 21.1 Å². The number of rotatable bonds is 4. The summed E-state index contributed by atoms with van der Waals surface area (Å²) >= 11 is 5.92. The molecule has 2 rings (SSSR count). The molecule has 0 aliphatic carbocycles. The van der Waals surface area contributed by atoms with Gasteiger partial charge in [-0.25, -0.2) is 9.97 Å². The third-order valence-corrected chi connectivity index (χ3v) is 2.42. The highest BCUT2D eigenvalue weighted by molar-refractivity contribution is 6.34. The molecule has 0 spiro atoms. The molecule has 4 nitrogen and oxygen atoms in total. The third kappa shape index (κ3) is 2.40. The molecule has 1 aromatic carbocycles. The molecule has 0 saturated heterocycles. The molecule has 0 fully saturated rings. The van der Waals surface area contributed by atoms with Crippen LogP contribution in [0.1, 0.15) is 0 Å². The van der Waals surface area contributed by atoms with E-state index in [1.54, 1.807) is 7.11 Å². The highest BCUT2D eigenvalue weighted by Gasteiger charge is 2.02. The fourth-order valence-corrected chi connectivity index (χ4v) is 1.54. The fourth-order valence-electron chi connectivity index (χ4n) is 1.34. The zero-order valence-electron chi connectivity index (χ0n) is 8.81. The van der Waals surface area contributed by atoms with Crippen LogP contribution in [0.3, 0.4) is 0 Å². The summed E-state index contributed by atoms with van der Waals surface area (Å²) in [6, 6.07) is 5.52. The summed E-state index contributed by atoms with van der Waals surface area (Å²) in [6.07, 6.45) is 1.43. The van der Waals surface area contributed by atoms with Gasteiger partial charge in [0, 0.05) is 18.6 Å². The van der Waals surface area contributed by atoms with Crippen molar-refractivity contribution < 1.29 is 9.47 Å². The van der Waals surface area contributed by atoms with Crippen LogP contribution in [-0.4, -0.2) is 30.3 Å². The van der Waals surface area contributed by atoms with Crippen molar-refractivity contribution >= 4 is 22.5 Å². The van der Waals surface area contributed by atoms with Crippen molar-refractivity contribution in [3.8, 4) is 5.75 Å². The molecule has 1 aromatic heterocycles. The largest absolute Gasteiger partial charge is 0.491 e. The third-order valence-electron chi connectivity index (χ3n) is 2.12. The minimum atomic E-state index is 0.452. The van der Waals surface area contributed by atoms with Crippen LogP contribution in [0.15, 0.2) is 24.5 Å². The average Bonchev–Trinajstić information content (AvgIpc) is 2.30. The average molecular weight is 239 g/mol. The molecule has 2 aromatic rings. The first-order chi connectivity index (χ1) is 7.81. The lowest BCUT2D eigenvalue weighted by Gasteiger charge is -2.06. The Morgan fingerprint density at radius 3 is 2.94 bits per heavy atom. The minimum Gasteiger partial charge on any atom is -0.491 e. The molecule has 0 aliphatic rings. The lowest BCUT2D eigenvalue weighted by atomic mass is 10.2. The molecule has 84 valence electrons. The van der Waals surface area contributed by atoms with E-state index in [1.165, 1.54) is 6.33 Å². The number of ether oxygens (including phenoxy) is 2. The summed E-state index contributed by atoms with van der Waals surface area (Å²) in [4.78, 5) is 8.03. The number of hydrogen-bond donors (Lipinski definition) is 0. The van der Waals surface area contributed by atoms with Crippen molar-refractivity contribution in [1.82, 2.24) is 9.97 Å². The Morgan fingerprint density at radius 1 is 1.25 bits per heavy atom. The summed E-state index contributed by atoms with van der Waals surface area (Å²) < 4.78 is 10.4. The second-order valence-corrected chi connectivity index (χ2v) is 3.54. The van der Waals surface area contributed by atoms with Crippen LogP contribution in [0.5, 0.6) is 5.75 Å². The lowest BCUT2D eigenvalue weighted by molar-refractivity contribution is 0.146. The van der Waals surface area contributed by atoms with Gasteiger partial charge in [0.1, 0.15) is 23.8 Å². The van der Waals surface area contributed by atoms with Gasteiger partial charge in [0.25, 0.3) is 0 Å². The first-order valence-electron chi connectivity index (χ1n) is 4.83. The summed E-state index contributed by atoms with van der Waals surface area (Å²) in [5, 5.41) is 1.27. The van der Waals surface area contributed by atoms with Crippen LogP contribution >= 0.6 is 11.6 Å². The van der Waals surface area contributed by atoms with Crippen molar-refractivity contribution in [2.24, 2.45) is 0 Å². The molecule has 1 heterocycles. The van der Waals surface area contributed by atoms with E-state index in [0.717, 1.165) is 16.7 Å². The second kappa shape index (κ2) is 5.09. The molecule has 0 aliphatic heterocycles. The Morgan fingerprint density at radius 2 is 2.12 bits per heavy atom. The summed E-state index contributed by atoms with van der Waals surface area (Å²) in [5.41, 5.74) is 0.773. The van der Waals surface area contributed by atoms with Gasteiger partial charge in [0.15, 0.2) is 0 Å². The van der Waals surface area contributed by atoms with E-state index in [2.05, 4.69) is 9.97 Å². The zero-order valence-corrected chi connectivity index (χ0v) is 9.57. The van der Waals surface area contributed by atoms with E-state index < -0.39 is 0 Å². The Kier molecular flexibility index (Phi) is 3.54. The van der Waals surface area contributed by atoms with E-state index in [1.807, 2.05) is 18.2 Å². The smallest absolute Gasteiger partial charge is 0.140 e. The number of fused-ring (bicyclic) bond motifs is 1. The van der Waals surface area contributed by atoms with Crippen molar-refractivity contribution in [3.05, 3.63) is 29.7 Å². The van der Waals surface area contributed by atoms with Crippen LogP contribution in [0.25, 0.3) is 10.9 Å². The predicted molar refractivity (Wildman–Crippen MR) is 61.9 cm³/mol. The molecular weight excluding hydrogens is 228 g/mol. The first kappa shape index (κ1) is 11.1. The number of aromatic nitrogens is 2. The van der Waals surface area contributed by atoms with E-state index in [-0.39, 0.29) is 0 Å². The number of halogens is 1. The van der Waals surface area contributed by atoms with Crippen molar-refractivity contribution in [2.45, 2.75) is 0 Å². The standard InChI is InChI=1S/C11H11ClN2O2/c1-15-4-5-16-8-2-3-9-10(6-8)13-7-14-11(9)12/h2-3,6-7H,4-5H2,1H3. The summed E-state index contributed by atoms with van der Waals surface area (Å²) in [7, 11) is 1.64. The van der Waals surface area contributed by atoms with E-state index in [9.17, 15) is 0 Å². The first-order valence-corrected chi connectivity index (χ1v) is 5.21. The Balaban J connectivity index is 2.23. The maximum Gasteiger partial charge on any atom is 0.140 e. The Hall–Kier alpha value is -1.39. The summed E-state index contributed by atoms with van der Waals surface area (Å²) in [6.45, 7) is 1.07. The van der Waals surface area contributed by atoms with Crippen molar-refractivity contribution in [1.29, 1.82) is 0 Å². The maximum absolute atomic E-state index is 5.92. The Bertz CT molecular complexity index is 490. The minimum absolute atomic E-state index is 0.452. The van der Waals surface area contributed by atoms with Crippen LogP contribution < -0.4 is 4.74 Å². The van der Waals surface area contributed by atoms with Gasteiger partial charge in [-0.3, -0.25) is 0 Å². The van der Waals surface area contributed by atoms with E-state index >= 15 is 0 Å². The molecular formula is C11H11ClN2O2. The second-order valence-electron chi connectivity index (χ2n) is 3.18. The van der Waals surface area contributed by atoms with Crippen LogP contribution in [0.2, 0.25) is 5.15 Å². The van der Waals surface area contributed by atoms with E-state index in [0.29, 0.717) is 18.4 Å². The monoisotopic (exact) mass is 238 g/mol. The molecule has 0 unspecified atom stereocenters. The number of nitrogens with zero attached hydrogens (tertiary/aromatic N) is 2. The molecule has 0 saturated carbocycles. The molecule has 0 amide bonds. The van der Waals surface area contributed by atoms with Gasteiger partial charge in [-0.05, 0) is 12.1 Å². The van der Waals surface area contributed by atoms with Gasteiger partial charge >= 0.3 is 0 Å². The van der Waals surface area contributed by atoms with Crippen LogP contribution in [0.4, 0.5) is 0 Å². The number of methoxy groups -OCH3 is 1. The van der Waals surface area contributed by atoms with Gasteiger partial charge in [0.2, 0.25) is 0 Å². The molecule has 0 bridgehead atoms. The highest BCUT2D eigenvalue weighted by atomic mass is 35.5. The van der Waals surface area contributed by atoms with Crippen molar-refractivity contribution in [2.75, 3.05) is 20.3 Å². The molecule has 0 radical (unpaired) electrons. The van der Waals surface area contributed by atoms with Crippen molar-refractivity contribution in [3.63, 3.8) is 0 Å². The normalized spacial score (nSPS) is 10.6. The number of hydrogen-bond acceptors (Lipinski definition) is 4. The number of benzene rings is 1. The molecule has 0 N–H and O–H groups in total. The maximum atomic E-state index is 5.92. The van der Waals surface area contributed by atoms with Gasteiger partial charge in [-0.1, -0.05) is 11.6 Å². The molecule has 16 heavy (non-hydrogen) atoms. The van der Waals surface area contributed by atoms with Gasteiger partial charge in [-0.2, -0.15) is 0 Å². The van der Waals surface area contributed by atoms with Gasteiger partial charge in [0.05, 0.1) is 12.1 Å². The SMILES string of the molecule is COCCOc1ccc2c(Cl)ncnc2c1. The van der Waals surface area contributed by atoms with Crippen LogP contribution in [-0.2, 0) is 4.74 Å². The zero-order chi connectivity index (χ0) is 11.4. The summed E-state index contributed by atoms with van der Waals surface area (Å²) in [5.74, 6) is 0.749. The lowest BCUT2D eigenvalue weighted by Crippen LogP contribution is -2.04. The van der Waals surface area contributed by atoms with Crippen LogP contribution in [0, 0.1) is 0 Å². The predicted octanol–water partition coefficient (Wildman–Crippen LogP) is 2.31. The fraction of sp³-hybridized carbons (Fsp3) is 0.273.